The van der Waals surface area contributed by atoms with Crippen molar-refractivity contribution in [1.82, 2.24) is 10.2 Å². The van der Waals surface area contributed by atoms with E-state index < -0.39 is 0 Å². The van der Waals surface area contributed by atoms with Gasteiger partial charge in [-0.3, -0.25) is 5.10 Å². The molecular formula is C7H6ClN3S. The van der Waals surface area contributed by atoms with E-state index >= 15 is 0 Å². The van der Waals surface area contributed by atoms with Crippen molar-refractivity contribution in [1.29, 1.82) is 0 Å². The van der Waals surface area contributed by atoms with Gasteiger partial charge in [0.15, 0.2) is 0 Å². The Bertz CT molecular complexity index is 393. The number of H-pyrrole nitrogens is 1. The summed E-state index contributed by atoms with van der Waals surface area (Å²) >= 11 is 7.30. The second-order valence-corrected chi connectivity index (χ2v) is 3.68. The quantitative estimate of drug-likeness (QED) is 0.741. The standard InChI is InChI=1S/C7H6ClN3S/c8-4-1-6(12-3-4)7-5(9)2-10-11-7/h1-3H,9H2,(H,10,11). The van der Waals surface area contributed by atoms with E-state index in [4.69, 9.17) is 17.3 Å². The second kappa shape index (κ2) is 2.80. The molecular weight excluding hydrogens is 194 g/mol. The number of aromatic amines is 1. The fourth-order valence-electron chi connectivity index (χ4n) is 0.937. The molecule has 0 spiro atoms. The molecule has 0 atom stereocenters. The third-order valence-electron chi connectivity index (χ3n) is 1.48. The molecule has 0 aliphatic rings. The van der Waals surface area contributed by atoms with Crippen LogP contribution in [0.2, 0.25) is 5.02 Å². The lowest BCUT2D eigenvalue weighted by molar-refractivity contribution is 1.10. The highest BCUT2D eigenvalue weighted by molar-refractivity contribution is 7.14. The summed E-state index contributed by atoms with van der Waals surface area (Å²) in [6, 6.07) is 1.86. The van der Waals surface area contributed by atoms with Crippen molar-refractivity contribution < 1.29 is 0 Å². The van der Waals surface area contributed by atoms with Crippen LogP contribution in [-0.4, -0.2) is 10.2 Å². The highest BCUT2D eigenvalue weighted by Gasteiger charge is 2.06. The van der Waals surface area contributed by atoms with Gasteiger partial charge in [0.05, 0.1) is 27.5 Å². The number of aromatic nitrogens is 2. The number of nitrogens with one attached hydrogen (secondary N) is 1. The Kier molecular flexibility index (Phi) is 1.78. The largest absolute Gasteiger partial charge is 0.396 e. The Morgan fingerprint density at radius 3 is 2.92 bits per heavy atom. The van der Waals surface area contributed by atoms with Crippen LogP contribution >= 0.6 is 22.9 Å². The summed E-state index contributed by atoms with van der Waals surface area (Å²) in [5.41, 5.74) is 7.14. The van der Waals surface area contributed by atoms with E-state index in [1.807, 2.05) is 11.4 Å². The molecule has 0 radical (unpaired) electrons. The molecule has 5 heteroatoms. The Hall–Kier alpha value is -1.000. The molecule has 0 fully saturated rings. The fraction of sp³-hybridized carbons (Fsp3) is 0. The van der Waals surface area contributed by atoms with Gasteiger partial charge >= 0.3 is 0 Å². The van der Waals surface area contributed by atoms with Gasteiger partial charge in [-0.05, 0) is 6.07 Å². The number of hydrogen-bond donors (Lipinski definition) is 2. The zero-order chi connectivity index (χ0) is 8.55. The third kappa shape index (κ3) is 1.19. The molecule has 0 aliphatic carbocycles. The van der Waals surface area contributed by atoms with E-state index in [9.17, 15) is 0 Å². The summed E-state index contributed by atoms with van der Waals surface area (Å²) in [5, 5.41) is 9.22. The van der Waals surface area contributed by atoms with Gasteiger partial charge in [0.25, 0.3) is 0 Å². The van der Waals surface area contributed by atoms with Gasteiger partial charge < -0.3 is 5.73 Å². The highest BCUT2D eigenvalue weighted by atomic mass is 35.5. The zero-order valence-electron chi connectivity index (χ0n) is 6.04. The lowest BCUT2D eigenvalue weighted by Crippen LogP contribution is -1.83. The summed E-state index contributed by atoms with van der Waals surface area (Å²) in [6.07, 6.45) is 1.59. The van der Waals surface area contributed by atoms with E-state index in [0.29, 0.717) is 5.69 Å². The van der Waals surface area contributed by atoms with Crippen LogP contribution in [0.1, 0.15) is 0 Å². The average Bonchev–Trinajstić information content (AvgIpc) is 2.58. The maximum atomic E-state index is 5.76. The first kappa shape index (κ1) is 7.64. The Labute approximate surface area is 78.2 Å². The van der Waals surface area contributed by atoms with Crippen LogP contribution in [0.25, 0.3) is 10.6 Å². The van der Waals surface area contributed by atoms with Crippen LogP contribution in [0.3, 0.4) is 0 Å². The smallest absolute Gasteiger partial charge is 0.0980 e. The van der Waals surface area contributed by atoms with Crippen LogP contribution in [0, 0.1) is 0 Å². The maximum absolute atomic E-state index is 5.76. The monoisotopic (exact) mass is 199 g/mol. The van der Waals surface area contributed by atoms with Gasteiger partial charge in [0.1, 0.15) is 0 Å². The topological polar surface area (TPSA) is 54.7 Å². The summed E-state index contributed by atoms with van der Waals surface area (Å²) in [4.78, 5) is 1.01. The molecule has 0 aromatic carbocycles. The van der Waals surface area contributed by atoms with E-state index in [1.165, 1.54) is 11.3 Å². The van der Waals surface area contributed by atoms with Gasteiger partial charge in [-0.1, -0.05) is 11.6 Å². The molecule has 0 amide bonds. The summed E-state index contributed by atoms with van der Waals surface area (Å²) in [6.45, 7) is 0. The number of thiophene rings is 1. The van der Waals surface area contributed by atoms with E-state index in [2.05, 4.69) is 10.2 Å². The number of halogens is 1. The number of anilines is 1. The molecule has 0 saturated heterocycles. The van der Waals surface area contributed by atoms with Crippen molar-refractivity contribution in [2.75, 3.05) is 5.73 Å². The lowest BCUT2D eigenvalue weighted by Gasteiger charge is -1.91. The molecule has 2 heterocycles. The molecule has 0 aliphatic heterocycles. The van der Waals surface area contributed by atoms with E-state index in [1.54, 1.807) is 6.20 Å². The molecule has 2 aromatic heterocycles. The highest BCUT2D eigenvalue weighted by Crippen LogP contribution is 2.31. The summed E-state index contributed by atoms with van der Waals surface area (Å²) < 4.78 is 0. The summed E-state index contributed by atoms with van der Waals surface area (Å²) in [5.74, 6) is 0. The summed E-state index contributed by atoms with van der Waals surface area (Å²) in [7, 11) is 0. The molecule has 3 N–H and O–H groups in total. The normalized spacial score (nSPS) is 10.4. The predicted octanol–water partition coefficient (Wildman–Crippen LogP) is 2.37. The van der Waals surface area contributed by atoms with Crippen LogP contribution in [0.4, 0.5) is 5.69 Å². The first-order valence-corrected chi connectivity index (χ1v) is 4.56. The predicted molar refractivity (Wildman–Crippen MR) is 51.3 cm³/mol. The molecule has 2 aromatic rings. The Morgan fingerprint density at radius 2 is 2.42 bits per heavy atom. The van der Waals surface area contributed by atoms with Crippen LogP contribution < -0.4 is 5.73 Å². The fourth-order valence-corrected chi connectivity index (χ4v) is 2.03. The van der Waals surface area contributed by atoms with Gasteiger partial charge in [-0.25, -0.2) is 0 Å². The number of nitrogens with zero attached hydrogens (tertiary/aromatic N) is 1. The Balaban J connectivity index is 2.50. The van der Waals surface area contributed by atoms with E-state index in [-0.39, 0.29) is 0 Å². The van der Waals surface area contributed by atoms with Crippen LogP contribution in [-0.2, 0) is 0 Å². The van der Waals surface area contributed by atoms with Crippen molar-refractivity contribution in [2.45, 2.75) is 0 Å². The SMILES string of the molecule is Nc1cn[nH]c1-c1cc(Cl)cs1. The molecule has 12 heavy (non-hydrogen) atoms. The van der Waals surface area contributed by atoms with Gasteiger partial charge in [0.2, 0.25) is 0 Å². The molecule has 3 nitrogen and oxygen atoms in total. The Morgan fingerprint density at radius 1 is 1.58 bits per heavy atom. The zero-order valence-corrected chi connectivity index (χ0v) is 7.62. The number of hydrogen-bond acceptors (Lipinski definition) is 3. The van der Waals surface area contributed by atoms with Crippen molar-refractivity contribution in [2.24, 2.45) is 0 Å². The first-order valence-electron chi connectivity index (χ1n) is 3.30. The maximum Gasteiger partial charge on any atom is 0.0980 e. The minimum atomic E-state index is 0.647. The van der Waals surface area contributed by atoms with E-state index in [0.717, 1.165) is 15.6 Å². The molecule has 0 unspecified atom stereocenters. The number of rotatable bonds is 1. The molecule has 0 bridgehead atoms. The van der Waals surface area contributed by atoms with Gasteiger partial charge in [0, 0.05) is 5.38 Å². The number of nitrogens with two attached hydrogens (primary N) is 1. The van der Waals surface area contributed by atoms with Gasteiger partial charge in [-0.15, -0.1) is 11.3 Å². The molecule has 2 rings (SSSR count). The van der Waals surface area contributed by atoms with Crippen LogP contribution in [0.5, 0.6) is 0 Å². The lowest BCUT2D eigenvalue weighted by atomic mass is 10.3. The van der Waals surface area contributed by atoms with Crippen LogP contribution in [0.15, 0.2) is 17.6 Å². The first-order chi connectivity index (χ1) is 5.77. The average molecular weight is 200 g/mol. The minimum Gasteiger partial charge on any atom is -0.396 e. The minimum absolute atomic E-state index is 0.647. The van der Waals surface area contributed by atoms with Gasteiger partial charge in [-0.2, -0.15) is 5.10 Å². The van der Waals surface area contributed by atoms with Crippen molar-refractivity contribution >= 4 is 28.6 Å². The number of nitrogen functional groups attached to an aromatic ring is 1. The second-order valence-electron chi connectivity index (χ2n) is 2.33. The van der Waals surface area contributed by atoms with Crippen molar-refractivity contribution in [3.63, 3.8) is 0 Å². The molecule has 62 valence electrons. The van der Waals surface area contributed by atoms with Crippen molar-refractivity contribution in [3.8, 4) is 10.6 Å². The van der Waals surface area contributed by atoms with Crippen molar-refractivity contribution in [3.05, 3.63) is 22.7 Å². The molecule has 0 saturated carbocycles. The third-order valence-corrected chi connectivity index (χ3v) is 2.78.